The Bertz CT molecular complexity index is 557. The summed E-state index contributed by atoms with van der Waals surface area (Å²) in [5, 5.41) is 29.3. The van der Waals surface area contributed by atoms with Gasteiger partial charge in [-0.05, 0) is 0 Å². The predicted molar refractivity (Wildman–Crippen MR) is 58.9 cm³/mol. The van der Waals surface area contributed by atoms with Gasteiger partial charge in [-0.1, -0.05) is 0 Å². The fraction of sp³-hybridized carbons (Fsp3) is 0.500. The van der Waals surface area contributed by atoms with Crippen LogP contribution in [0.2, 0.25) is 0 Å². The number of aliphatic hydroxyl groups is 2. The van der Waals surface area contributed by atoms with E-state index >= 15 is 0 Å². The first kappa shape index (κ1) is 13.5. The lowest BCUT2D eigenvalue weighted by atomic mass is 10.2. The van der Waals surface area contributed by atoms with Crippen molar-refractivity contribution >= 4 is 11.8 Å². The number of aromatic carboxylic acids is 1. The van der Waals surface area contributed by atoms with Crippen molar-refractivity contribution < 1.29 is 24.9 Å². The Morgan fingerprint density at radius 3 is 2.89 bits per heavy atom. The van der Waals surface area contributed by atoms with Crippen molar-refractivity contribution in [3.8, 4) is 0 Å². The second kappa shape index (κ2) is 4.96. The summed E-state index contributed by atoms with van der Waals surface area (Å²) in [6.45, 7) is -0.415. The Morgan fingerprint density at radius 2 is 2.37 bits per heavy atom. The van der Waals surface area contributed by atoms with Crippen molar-refractivity contribution in [2.75, 3.05) is 12.3 Å². The first-order valence-electron chi connectivity index (χ1n) is 5.48. The van der Waals surface area contributed by atoms with Gasteiger partial charge in [-0.25, -0.2) is 4.79 Å². The number of nitrogen functional groups attached to an aromatic ring is 1. The van der Waals surface area contributed by atoms with Gasteiger partial charge in [0, 0.05) is 12.6 Å². The number of hydrogen-bond donors (Lipinski definition) is 3. The number of aliphatic hydroxyl groups excluding tert-OH is 2. The molecule has 1 fully saturated rings. The summed E-state index contributed by atoms with van der Waals surface area (Å²) in [6.07, 6.45) is -1.71. The van der Waals surface area contributed by atoms with Gasteiger partial charge in [-0.3, -0.25) is 4.57 Å². The molecule has 4 N–H and O–H groups in total. The Morgan fingerprint density at radius 1 is 1.68 bits per heavy atom. The van der Waals surface area contributed by atoms with Gasteiger partial charge in [0.05, 0.1) is 24.2 Å². The van der Waals surface area contributed by atoms with Crippen LogP contribution in [0.15, 0.2) is 11.0 Å². The SMILES string of the molecule is Nc1nc(=O)n([C@H]2C[C@H](O)[C@@H](CO)O2)cc1C(=O)[O-]. The fourth-order valence-corrected chi connectivity index (χ4v) is 1.90. The molecule has 2 rings (SSSR count). The van der Waals surface area contributed by atoms with Gasteiger partial charge >= 0.3 is 5.69 Å². The smallest absolute Gasteiger partial charge is 0.351 e. The highest BCUT2D eigenvalue weighted by molar-refractivity contribution is 5.90. The molecule has 0 aliphatic carbocycles. The molecule has 2 heterocycles. The lowest BCUT2D eigenvalue weighted by molar-refractivity contribution is -0.255. The molecule has 0 unspecified atom stereocenters. The van der Waals surface area contributed by atoms with Crippen molar-refractivity contribution in [1.82, 2.24) is 9.55 Å². The third-order valence-electron chi connectivity index (χ3n) is 2.90. The van der Waals surface area contributed by atoms with Crippen LogP contribution >= 0.6 is 0 Å². The number of hydrogen-bond acceptors (Lipinski definition) is 8. The van der Waals surface area contributed by atoms with E-state index in [0.29, 0.717) is 0 Å². The van der Waals surface area contributed by atoms with E-state index in [9.17, 15) is 19.8 Å². The first-order valence-corrected chi connectivity index (χ1v) is 5.48. The van der Waals surface area contributed by atoms with Gasteiger partial charge < -0.3 is 30.6 Å². The van der Waals surface area contributed by atoms with E-state index in [0.717, 1.165) is 10.8 Å². The summed E-state index contributed by atoms with van der Waals surface area (Å²) in [5.74, 6) is -2.02. The minimum Gasteiger partial charge on any atom is -0.545 e. The van der Waals surface area contributed by atoms with Crippen LogP contribution in [0.5, 0.6) is 0 Å². The van der Waals surface area contributed by atoms with E-state index in [1.807, 2.05) is 0 Å². The molecular weight excluding hydrogens is 258 g/mol. The van der Waals surface area contributed by atoms with E-state index in [1.165, 1.54) is 0 Å². The van der Waals surface area contributed by atoms with Gasteiger partial charge in [-0.15, -0.1) is 0 Å². The fourth-order valence-electron chi connectivity index (χ4n) is 1.90. The van der Waals surface area contributed by atoms with Crippen molar-refractivity contribution in [3.63, 3.8) is 0 Å². The van der Waals surface area contributed by atoms with Crippen molar-refractivity contribution in [2.45, 2.75) is 24.9 Å². The summed E-state index contributed by atoms with van der Waals surface area (Å²) in [5.41, 5.74) is 4.05. The zero-order valence-electron chi connectivity index (χ0n) is 9.72. The molecule has 1 aliphatic heterocycles. The zero-order chi connectivity index (χ0) is 14.2. The summed E-state index contributed by atoms with van der Waals surface area (Å²) < 4.78 is 6.14. The highest BCUT2D eigenvalue weighted by atomic mass is 16.5. The highest BCUT2D eigenvalue weighted by Crippen LogP contribution is 2.27. The second-order valence-electron chi connectivity index (χ2n) is 4.13. The topological polar surface area (TPSA) is 151 Å². The largest absolute Gasteiger partial charge is 0.545 e. The van der Waals surface area contributed by atoms with Gasteiger partial charge in [0.1, 0.15) is 18.1 Å². The number of aromatic nitrogens is 2. The summed E-state index contributed by atoms with van der Waals surface area (Å²) in [6, 6.07) is 0. The minimum absolute atomic E-state index is 0.0310. The molecule has 1 aromatic rings. The minimum atomic E-state index is -1.57. The molecule has 104 valence electrons. The molecule has 0 aromatic carbocycles. The summed E-state index contributed by atoms with van der Waals surface area (Å²) in [7, 11) is 0. The first-order chi connectivity index (χ1) is 8.93. The predicted octanol–water partition coefficient (Wildman–Crippen LogP) is -3.17. The van der Waals surface area contributed by atoms with Crippen molar-refractivity contribution in [3.05, 3.63) is 22.2 Å². The van der Waals surface area contributed by atoms with Crippen LogP contribution in [0.1, 0.15) is 23.0 Å². The van der Waals surface area contributed by atoms with Crippen LogP contribution in [0.3, 0.4) is 0 Å². The molecule has 0 amide bonds. The third-order valence-corrected chi connectivity index (χ3v) is 2.90. The zero-order valence-corrected chi connectivity index (χ0v) is 9.72. The number of carboxylic acids is 1. The number of anilines is 1. The van der Waals surface area contributed by atoms with Crippen molar-refractivity contribution in [1.29, 1.82) is 0 Å². The molecule has 1 saturated heterocycles. The number of ether oxygens (including phenoxy) is 1. The van der Waals surface area contributed by atoms with E-state index in [4.69, 9.17) is 15.6 Å². The third kappa shape index (κ3) is 2.43. The molecule has 9 nitrogen and oxygen atoms in total. The highest BCUT2D eigenvalue weighted by Gasteiger charge is 2.35. The molecule has 0 spiro atoms. The molecule has 1 aromatic heterocycles. The van der Waals surface area contributed by atoms with Crippen LogP contribution < -0.4 is 16.5 Å². The Kier molecular flexibility index (Phi) is 3.51. The summed E-state index contributed by atoms with van der Waals surface area (Å²) in [4.78, 5) is 25.8. The van der Waals surface area contributed by atoms with Gasteiger partial charge in [0.2, 0.25) is 0 Å². The maximum absolute atomic E-state index is 11.6. The van der Waals surface area contributed by atoms with Crippen molar-refractivity contribution in [2.24, 2.45) is 0 Å². The second-order valence-corrected chi connectivity index (χ2v) is 4.13. The van der Waals surface area contributed by atoms with E-state index in [1.54, 1.807) is 0 Å². The van der Waals surface area contributed by atoms with Gasteiger partial charge in [0.15, 0.2) is 0 Å². The molecule has 0 bridgehead atoms. The van der Waals surface area contributed by atoms with Crippen LogP contribution in [0.4, 0.5) is 5.82 Å². The average molecular weight is 270 g/mol. The molecule has 0 saturated carbocycles. The molecule has 0 radical (unpaired) electrons. The molecule has 19 heavy (non-hydrogen) atoms. The molecular formula is C10H12N3O6-. The Labute approximate surface area is 106 Å². The average Bonchev–Trinajstić information content (AvgIpc) is 2.69. The lowest BCUT2D eigenvalue weighted by Gasteiger charge is -2.16. The monoisotopic (exact) mass is 270 g/mol. The number of carboxylic acid groups (broad SMARTS) is 1. The standard InChI is InChI=1S/C10H13N3O6/c11-8-4(9(16)17)2-13(10(18)12-8)7-1-5(15)6(3-14)19-7/h2,5-7,14-15H,1,3H2,(H,16,17)(H2,11,12,18)/p-1/t5-,6+,7+/m0/s1. The van der Waals surface area contributed by atoms with Crippen LogP contribution in [0, 0.1) is 0 Å². The maximum atomic E-state index is 11.6. The molecule has 3 atom stereocenters. The summed E-state index contributed by atoms with van der Waals surface area (Å²) >= 11 is 0. The Hall–Kier alpha value is -1.97. The van der Waals surface area contributed by atoms with Gasteiger partial charge in [0.25, 0.3) is 0 Å². The Balaban J connectivity index is 2.38. The van der Waals surface area contributed by atoms with E-state index < -0.39 is 48.1 Å². The maximum Gasteiger partial charge on any atom is 0.351 e. The van der Waals surface area contributed by atoms with E-state index in [2.05, 4.69) is 4.98 Å². The number of carbonyl (C=O) groups is 1. The van der Waals surface area contributed by atoms with Crippen LogP contribution in [-0.4, -0.2) is 44.5 Å². The van der Waals surface area contributed by atoms with Crippen LogP contribution in [-0.2, 0) is 4.74 Å². The van der Waals surface area contributed by atoms with Gasteiger partial charge in [-0.2, -0.15) is 4.98 Å². The number of nitrogens with zero attached hydrogens (tertiary/aromatic N) is 2. The number of rotatable bonds is 3. The quantitative estimate of drug-likeness (QED) is 0.520. The molecule has 1 aliphatic rings. The van der Waals surface area contributed by atoms with Crippen LogP contribution in [0.25, 0.3) is 0 Å². The normalized spacial score (nSPS) is 26.5. The van der Waals surface area contributed by atoms with E-state index in [-0.39, 0.29) is 6.42 Å². The lowest BCUT2D eigenvalue weighted by Crippen LogP contribution is -2.32. The number of nitrogens with two attached hydrogens (primary N) is 1. The molecule has 9 heteroatoms. The number of carbonyl (C=O) groups excluding carboxylic acids is 1.